The molecule has 0 bridgehead atoms. The van der Waals surface area contributed by atoms with Crippen LogP contribution in [0.5, 0.6) is 0 Å². The van der Waals surface area contributed by atoms with Gasteiger partial charge < -0.3 is 5.73 Å². The van der Waals surface area contributed by atoms with Gasteiger partial charge in [0, 0.05) is 6.04 Å². The third-order valence-corrected chi connectivity index (χ3v) is 4.77. The van der Waals surface area contributed by atoms with E-state index < -0.39 is 0 Å². The van der Waals surface area contributed by atoms with Gasteiger partial charge in [-0.1, -0.05) is 19.1 Å². The first-order chi connectivity index (χ1) is 9.08. The van der Waals surface area contributed by atoms with Crippen molar-refractivity contribution in [2.75, 3.05) is 19.6 Å². The topological polar surface area (TPSA) is 29.3 Å². The molecule has 0 aliphatic carbocycles. The third kappa shape index (κ3) is 2.85. The summed E-state index contributed by atoms with van der Waals surface area (Å²) < 4.78 is 0. The highest BCUT2D eigenvalue weighted by molar-refractivity contribution is 5.38. The minimum absolute atomic E-state index is 0.517. The zero-order chi connectivity index (χ0) is 14.0. The number of aryl methyl sites for hydroxylation is 3. The van der Waals surface area contributed by atoms with Gasteiger partial charge in [-0.3, -0.25) is 4.90 Å². The van der Waals surface area contributed by atoms with E-state index in [0.717, 1.165) is 13.1 Å². The Hall–Kier alpha value is -0.860. The van der Waals surface area contributed by atoms with Crippen LogP contribution in [0.3, 0.4) is 0 Å². The summed E-state index contributed by atoms with van der Waals surface area (Å²) in [6.45, 7) is 12.1. The highest BCUT2D eigenvalue weighted by Gasteiger charge is 2.31. The second-order valence-electron chi connectivity index (χ2n) is 6.00. The summed E-state index contributed by atoms with van der Waals surface area (Å²) in [4.78, 5) is 2.61. The van der Waals surface area contributed by atoms with Crippen LogP contribution in [-0.2, 0) is 0 Å². The molecular formula is C17H28N2. The zero-order valence-corrected chi connectivity index (χ0v) is 12.9. The number of hydrogen-bond donors (Lipinski definition) is 1. The Morgan fingerprint density at radius 1 is 1.16 bits per heavy atom. The monoisotopic (exact) mass is 260 g/mol. The fraction of sp³-hybridized carbons (Fsp3) is 0.647. The lowest BCUT2D eigenvalue weighted by atomic mass is 9.82. The molecule has 1 aromatic carbocycles. The number of rotatable bonds is 3. The van der Waals surface area contributed by atoms with Gasteiger partial charge in [0.1, 0.15) is 0 Å². The SMILES string of the molecule is CCN1CCCC(CN)C1c1cc(C)c(C)cc1C. The van der Waals surface area contributed by atoms with Crippen molar-refractivity contribution in [2.24, 2.45) is 11.7 Å². The predicted molar refractivity (Wildman–Crippen MR) is 82.4 cm³/mol. The molecule has 1 aliphatic rings. The summed E-state index contributed by atoms with van der Waals surface area (Å²) in [6, 6.07) is 5.25. The van der Waals surface area contributed by atoms with E-state index in [2.05, 4.69) is 44.7 Å². The summed E-state index contributed by atoms with van der Waals surface area (Å²) in [7, 11) is 0. The van der Waals surface area contributed by atoms with Gasteiger partial charge in [-0.2, -0.15) is 0 Å². The average Bonchev–Trinajstić information content (AvgIpc) is 2.42. The Kier molecular flexibility index (Phi) is 4.64. The van der Waals surface area contributed by atoms with Crippen LogP contribution in [0, 0.1) is 26.7 Å². The van der Waals surface area contributed by atoms with Crippen molar-refractivity contribution in [1.82, 2.24) is 4.90 Å². The second kappa shape index (κ2) is 6.06. The lowest BCUT2D eigenvalue weighted by molar-refractivity contribution is 0.101. The highest BCUT2D eigenvalue weighted by Crippen LogP contribution is 2.37. The van der Waals surface area contributed by atoms with E-state index in [0.29, 0.717) is 12.0 Å². The van der Waals surface area contributed by atoms with E-state index >= 15 is 0 Å². The van der Waals surface area contributed by atoms with Crippen molar-refractivity contribution in [3.8, 4) is 0 Å². The summed E-state index contributed by atoms with van der Waals surface area (Å²) in [5.41, 5.74) is 11.8. The highest BCUT2D eigenvalue weighted by atomic mass is 15.2. The first kappa shape index (κ1) is 14.5. The van der Waals surface area contributed by atoms with E-state index in [-0.39, 0.29) is 0 Å². The molecule has 1 aliphatic heterocycles. The second-order valence-corrected chi connectivity index (χ2v) is 6.00. The molecule has 2 atom stereocenters. The normalized spacial score (nSPS) is 24.7. The molecule has 1 heterocycles. The number of likely N-dealkylation sites (tertiary alicyclic amines) is 1. The zero-order valence-electron chi connectivity index (χ0n) is 12.9. The van der Waals surface area contributed by atoms with Crippen molar-refractivity contribution in [3.05, 3.63) is 34.4 Å². The van der Waals surface area contributed by atoms with Crippen molar-refractivity contribution in [3.63, 3.8) is 0 Å². The van der Waals surface area contributed by atoms with E-state index in [4.69, 9.17) is 5.73 Å². The first-order valence-corrected chi connectivity index (χ1v) is 7.60. The maximum Gasteiger partial charge on any atom is 0.0390 e. The number of nitrogens with zero attached hydrogens (tertiary/aromatic N) is 1. The standard InChI is InChI=1S/C17H28N2/c1-5-19-8-6-7-15(11-18)17(19)16-10-13(3)12(2)9-14(16)4/h9-10,15,17H,5-8,11,18H2,1-4H3. The van der Waals surface area contributed by atoms with E-state index in [1.807, 2.05) is 0 Å². The summed E-state index contributed by atoms with van der Waals surface area (Å²) in [6.07, 6.45) is 2.56. The molecular weight excluding hydrogens is 232 g/mol. The molecule has 106 valence electrons. The largest absolute Gasteiger partial charge is 0.330 e. The van der Waals surface area contributed by atoms with Crippen LogP contribution in [0.4, 0.5) is 0 Å². The van der Waals surface area contributed by atoms with Gasteiger partial charge >= 0.3 is 0 Å². The molecule has 1 aromatic rings. The number of piperidine rings is 1. The molecule has 2 nitrogen and oxygen atoms in total. The van der Waals surface area contributed by atoms with Crippen LogP contribution >= 0.6 is 0 Å². The van der Waals surface area contributed by atoms with Gasteiger partial charge in [-0.15, -0.1) is 0 Å². The number of benzene rings is 1. The molecule has 2 rings (SSSR count). The maximum atomic E-state index is 6.04. The quantitative estimate of drug-likeness (QED) is 0.903. The molecule has 2 N–H and O–H groups in total. The molecule has 19 heavy (non-hydrogen) atoms. The minimum atomic E-state index is 0.517. The van der Waals surface area contributed by atoms with Crippen LogP contribution in [0.15, 0.2) is 12.1 Å². The molecule has 0 amide bonds. The van der Waals surface area contributed by atoms with Gasteiger partial charge in [0.2, 0.25) is 0 Å². The van der Waals surface area contributed by atoms with Crippen LogP contribution in [0.25, 0.3) is 0 Å². The Balaban J connectivity index is 2.43. The van der Waals surface area contributed by atoms with Crippen LogP contribution in [0.1, 0.15) is 48.1 Å². The van der Waals surface area contributed by atoms with Gasteiger partial charge in [0.25, 0.3) is 0 Å². The van der Waals surface area contributed by atoms with Crippen molar-refractivity contribution in [2.45, 2.75) is 46.6 Å². The third-order valence-electron chi connectivity index (χ3n) is 4.77. The van der Waals surface area contributed by atoms with Gasteiger partial charge in [0.15, 0.2) is 0 Å². The first-order valence-electron chi connectivity index (χ1n) is 7.60. The number of hydrogen-bond acceptors (Lipinski definition) is 2. The molecule has 1 fully saturated rings. The van der Waals surface area contributed by atoms with Crippen LogP contribution < -0.4 is 5.73 Å². The van der Waals surface area contributed by atoms with Crippen LogP contribution in [-0.4, -0.2) is 24.5 Å². The lowest BCUT2D eigenvalue weighted by Crippen LogP contribution is -2.41. The number of nitrogens with two attached hydrogens (primary N) is 1. The minimum Gasteiger partial charge on any atom is -0.330 e. The van der Waals surface area contributed by atoms with Crippen molar-refractivity contribution >= 4 is 0 Å². The van der Waals surface area contributed by atoms with Crippen molar-refractivity contribution < 1.29 is 0 Å². The molecule has 1 saturated heterocycles. The lowest BCUT2D eigenvalue weighted by Gasteiger charge is -2.41. The summed E-state index contributed by atoms with van der Waals surface area (Å²) in [5, 5.41) is 0. The molecule has 0 spiro atoms. The fourth-order valence-electron chi connectivity index (χ4n) is 3.51. The Bertz CT molecular complexity index is 427. The molecule has 2 unspecified atom stereocenters. The van der Waals surface area contributed by atoms with Crippen LogP contribution in [0.2, 0.25) is 0 Å². The summed E-state index contributed by atoms with van der Waals surface area (Å²) in [5.74, 6) is 0.606. The molecule has 2 heteroatoms. The van der Waals surface area contributed by atoms with Gasteiger partial charge in [-0.25, -0.2) is 0 Å². The molecule has 0 radical (unpaired) electrons. The average molecular weight is 260 g/mol. The Morgan fingerprint density at radius 2 is 1.84 bits per heavy atom. The van der Waals surface area contributed by atoms with Gasteiger partial charge in [0.05, 0.1) is 0 Å². The van der Waals surface area contributed by atoms with Crippen molar-refractivity contribution in [1.29, 1.82) is 0 Å². The predicted octanol–water partition coefficient (Wildman–Crippen LogP) is 3.34. The van der Waals surface area contributed by atoms with E-state index in [9.17, 15) is 0 Å². The summed E-state index contributed by atoms with van der Waals surface area (Å²) >= 11 is 0. The Morgan fingerprint density at radius 3 is 2.47 bits per heavy atom. The van der Waals surface area contributed by atoms with Gasteiger partial charge in [-0.05, 0) is 81.4 Å². The van der Waals surface area contributed by atoms with E-state index in [1.54, 1.807) is 0 Å². The molecule has 0 saturated carbocycles. The smallest absolute Gasteiger partial charge is 0.0390 e. The van der Waals surface area contributed by atoms with E-state index in [1.165, 1.54) is 41.6 Å². The molecule has 0 aromatic heterocycles. The Labute approximate surface area is 118 Å². The maximum absolute atomic E-state index is 6.04. The fourth-order valence-corrected chi connectivity index (χ4v) is 3.51.